The molecule has 0 aromatic heterocycles. The van der Waals surface area contributed by atoms with E-state index in [-0.39, 0.29) is 69.9 Å². The van der Waals surface area contributed by atoms with E-state index in [4.69, 9.17) is 4.74 Å². The second-order valence-electron chi connectivity index (χ2n) is 10.2. The Hall–Kier alpha value is -3.02. The normalized spacial score (nSPS) is 11.9. The van der Waals surface area contributed by atoms with Gasteiger partial charge in [-0.05, 0) is 121 Å². The summed E-state index contributed by atoms with van der Waals surface area (Å²) in [7, 11) is -9.87. The van der Waals surface area contributed by atoms with Crippen LogP contribution >= 0.6 is 0 Å². The van der Waals surface area contributed by atoms with Gasteiger partial charge in [0.05, 0.1) is 34.3 Å². The van der Waals surface area contributed by atoms with Gasteiger partial charge in [0, 0.05) is 0 Å². The Labute approximate surface area is 322 Å². The molecule has 0 radical (unpaired) electrons. The van der Waals surface area contributed by atoms with Crippen molar-refractivity contribution >= 4 is 53.8 Å². The summed E-state index contributed by atoms with van der Waals surface area (Å²) in [6.45, 7) is 6.17. The monoisotopic (exact) mass is 704 g/mol. The molecule has 5 rings (SSSR count). The van der Waals surface area contributed by atoms with Crippen LogP contribution in [0, 0.1) is 13.8 Å². The molecule has 48 heavy (non-hydrogen) atoms. The molecule has 0 atom stereocenters. The Bertz CT molecular complexity index is 2260. The quantitative estimate of drug-likeness (QED) is 0.136. The predicted molar refractivity (Wildman–Crippen MR) is 168 cm³/mol. The van der Waals surface area contributed by atoms with Crippen molar-refractivity contribution in [2.45, 2.75) is 30.6 Å². The Kier molecular flexibility index (Phi) is 13.2. The first-order chi connectivity index (χ1) is 21.7. The maximum atomic E-state index is 13.2. The van der Waals surface area contributed by atoms with Gasteiger partial charge < -0.3 is 14.4 Å². The Morgan fingerprint density at radius 1 is 0.729 bits per heavy atom. The third-order valence-electron chi connectivity index (χ3n) is 6.97. The smallest absolute Gasteiger partial charge is 0.871 e. The van der Waals surface area contributed by atoms with Gasteiger partial charge in [0.2, 0.25) is 0 Å². The zero-order valence-corrected chi connectivity index (χ0v) is 32.3. The number of nitrogens with zero attached hydrogens (tertiary/aromatic N) is 4. The van der Waals surface area contributed by atoms with E-state index in [1.807, 2.05) is 62.4 Å². The standard InChI is InChI=1S/C32H28N4O8S2.2Na/c1-4-44-25-9-7-24(8-10-25)33-34-28-13-5-21(15-19(28)2)22-6-14-29(20(3)16-22)35-36-31-30(46(41,42)43)18-23-17-26(45(38,39)40)11-12-27(23)32(31)37;;/h5-18,37H,4H2,1-3H3,(H,38,39,40)(H,41,42,43);;/q;2*+1/p-2. The minimum atomic E-state index is -4.99. The molecule has 0 bridgehead atoms. The van der Waals surface area contributed by atoms with Crippen LogP contribution in [0.2, 0.25) is 0 Å². The molecule has 0 saturated heterocycles. The zero-order valence-electron chi connectivity index (χ0n) is 26.7. The number of ether oxygens (including phenoxy) is 1. The van der Waals surface area contributed by atoms with Crippen molar-refractivity contribution in [1.82, 2.24) is 0 Å². The molecule has 236 valence electrons. The van der Waals surface area contributed by atoms with E-state index in [0.29, 0.717) is 29.2 Å². The summed E-state index contributed by atoms with van der Waals surface area (Å²) >= 11 is 0. The van der Waals surface area contributed by atoms with Crippen molar-refractivity contribution in [1.29, 1.82) is 0 Å². The van der Waals surface area contributed by atoms with Crippen molar-refractivity contribution in [2.24, 2.45) is 20.5 Å². The fourth-order valence-electron chi connectivity index (χ4n) is 4.65. The molecule has 16 heteroatoms. The molecule has 12 nitrogen and oxygen atoms in total. The topological polar surface area (TPSA) is 193 Å². The Balaban J connectivity index is 0.00000312. The molecular formula is C32H26N4Na2O8S2. The number of hydrogen-bond acceptors (Lipinski definition) is 11. The number of hydrogen-bond donors (Lipinski definition) is 1. The molecule has 5 aromatic carbocycles. The molecule has 0 aliphatic heterocycles. The third kappa shape index (κ3) is 9.15. The summed E-state index contributed by atoms with van der Waals surface area (Å²) in [5, 5.41) is 29.5. The van der Waals surface area contributed by atoms with Crippen LogP contribution in [0.4, 0.5) is 22.7 Å². The van der Waals surface area contributed by atoms with Crippen LogP contribution in [0.5, 0.6) is 11.5 Å². The van der Waals surface area contributed by atoms with Crippen molar-refractivity contribution in [3.63, 3.8) is 0 Å². The van der Waals surface area contributed by atoms with Crippen molar-refractivity contribution in [2.75, 3.05) is 6.61 Å². The van der Waals surface area contributed by atoms with E-state index in [1.54, 1.807) is 19.1 Å². The summed E-state index contributed by atoms with van der Waals surface area (Å²) in [6, 6.07) is 22.0. The van der Waals surface area contributed by atoms with Gasteiger partial charge in [-0.3, -0.25) is 4.55 Å². The van der Waals surface area contributed by atoms with Crippen molar-refractivity contribution in [3.8, 4) is 22.6 Å². The SMILES string of the molecule is CCOc1ccc(N=Nc2ccc(-c3ccc(N=Nc4c(S(=O)(=O)O)cc5cc(S(=O)(=O)[O-])ccc5c4[O-])c(C)c3)cc2C)cc1.[Na+].[Na+]. The second-order valence-corrected chi connectivity index (χ2v) is 13.0. The number of azo groups is 2. The van der Waals surface area contributed by atoms with Gasteiger partial charge in [-0.25, -0.2) is 8.42 Å². The summed E-state index contributed by atoms with van der Waals surface area (Å²) in [5.41, 5.74) is 4.35. The van der Waals surface area contributed by atoms with Gasteiger partial charge in [-0.1, -0.05) is 23.9 Å². The third-order valence-corrected chi connectivity index (χ3v) is 8.67. The van der Waals surface area contributed by atoms with E-state index in [0.717, 1.165) is 46.7 Å². The number of aryl methyl sites for hydroxylation is 2. The van der Waals surface area contributed by atoms with Crippen molar-refractivity contribution < 1.29 is 94.9 Å². The van der Waals surface area contributed by atoms with Crippen LogP contribution in [0.1, 0.15) is 18.1 Å². The zero-order chi connectivity index (χ0) is 33.2. The fraction of sp³-hybridized carbons (Fsp3) is 0.125. The molecule has 0 fully saturated rings. The summed E-state index contributed by atoms with van der Waals surface area (Å²) in [4.78, 5) is -1.54. The molecule has 0 unspecified atom stereocenters. The molecule has 1 N–H and O–H groups in total. The van der Waals surface area contributed by atoms with E-state index in [2.05, 4.69) is 20.5 Å². The van der Waals surface area contributed by atoms with Crippen LogP contribution in [-0.4, -0.2) is 32.5 Å². The van der Waals surface area contributed by atoms with Gasteiger partial charge >= 0.3 is 59.1 Å². The molecule has 0 aliphatic rings. The fourth-order valence-corrected chi connectivity index (χ4v) is 5.81. The molecular weight excluding hydrogens is 678 g/mol. The van der Waals surface area contributed by atoms with E-state index < -0.39 is 41.5 Å². The Morgan fingerprint density at radius 3 is 1.79 bits per heavy atom. The van der Waals surface area contributed by atoms with Gasteiger partial charge in [0.15, 0.2) is 0 Å². The van der Waals surface area contributed by atoms with Gasteiger partial charge in [0.1, 0.15) is 20.8 Å². The number of fused-ring (bicyclic) bond motifs is 1. The number of rotatable bonds is 9. The van der Waals surface area contributed by atoms with Gasteiger partial charge in [0.25, 0.3) is 10.1 Å². The first-order valence-electron chi connectivity index (χ1n) is 13.7. The molecule has 0 heterocycles. The Morgan fingerprint density at radius 2 is 1.29 bits per heavy atom. The largest absolute Gasteiger partial charge is 1.00 e. The van der Waals surface area contributed by atoms with E-state index in [1.165, 1.54) is 0 Å². The van der Waals surface area contributed by atoms with Crippen LogP contribution in [0.3, 0.4) is 0 Å². The summed E-state index contributed by atoms with van der Waals surface area (Å²) in [5.74, 6) is -0.165. The maximum Gasteiger partial charge on any atom is 1.00 e. The molecule has 5 aromatic rings. The maximum absolute atomic E-state index is 13.2. The molecule has 0 aliphatic carbocycles. The first-order valence-corrected chi connectivity index (χ1v) is 16.6. The average Bonchev–Trinajstić information content (AvgIpc) is 3.00. The molecule has 0 saturated carbocycles. The van der Waals surface area contributed by atoms with Crippen LogP contribution in [0.15, 0.2) is 115 Å². The van der Waals surface area contributed by atoms with Crippen LogP contribution < -0.4 is 69.0 Å². The minimum absolute atomic E-state index is 0. The first kappa shape index (κ1) is 39.4. The summed E-state index contributed by atoms with van der Waals surface area (Å²) < 4.78 is 73.7. The molecule has 0 spiro atoms. The van der Waals surface area contributed by atoms with Crippen LogP contribution in [0.25, 0.3) is 21.9 Å². The minimum Gasteiger partial charge on any atom is -0.871 e. The van der Waals surface area contributed by atoms with Gasteiger partial charge in [-0.2, -0.15) is 23.8 Å². The van der Waals surface area contributed by atoms with Gasteiger partial charge in [-0.15, -0.1) is 5.11 Å². The predicted octanol–water partition coefficient (Wildman–Crippen LogP) is 1.59. The number of benzene rings is 5. The van der Waals surface area contributed by atoms with Crippen LogP contribution in [-0.2, 0) is 20.2 Å². The van der Waals surface area contributed by atoms with Crippen molar-refractivity contribution in [3.05, 3.63) is 96.1 Å². The average molecular weight is 705 g/mol. The van der Waals surface area contributed by atoms with E-state index in [9.17, 15) is 31.0 Å². The molecule has 0 amide bonds. The second kappa shape index (κ2) is 16.1. The summed E-state index contributed by atoms with van der Waals surface area (Å²) in [6.07, 6.45) is 0. The van der Waals surface area contributed by atoms with E-state index >= 15 is 0 Å².